The monoisotopic (exact) mass is 315 g/mol. The second kappa shape index (κ2) is 6.22. The summed E-state index contributed by atoms with van der Waals surface area (Å²) in [7, 11) is 0. The molecule has 1 aromatic rings. The molecule has 5 nitrogen and oxygen atoms in total. The van der Waals surface area contributed by atoms with E-state index in [0.29, 0.717) is 18.7 Å². The van der Waals surface area contributed by atoms with Crippen LogP contribution in [0.4, 0.5) is 14.6 Å². The summed E-state index contributed by atoms with van der Waals surface area (Å²) in [5, 5.41) is 3.07. The number of H-pyrrole nitrogens is 1. The van der Waals surface area contributed by atoms with Crippen molar-refractivity contribution in [3.05, 3.63) is 26.9 Å². The van der Waals surface area contributed by atoms with Gasteiger partial charge in [-0.25, -0.2) is 13.6 Å². The molecule has 0 amide bonds. The van der Waals surface area contributed by atoms with E-state index < -0.39 is 11.6 Å². The maximum Gasteiger partial charge on any atom is 0.330 e. The van der Waals surface area contributed by atoms with Gasteiger partial charge < -0.3 is 5.32 Å². The highest BCUT2D eigenvalue weighted by Gasteiger charge is 2.36. The van der Waals surface area contributed by atoms with E-state index in [9.17, 15) is 18.4 Å². The molecule has 1 unspecified atom stereocenters. The van der Waals surface area contributed by atoms with E-state index in [1.165, 1.54) is 6.07 Å². The van der Waals surface area contributed by atoms with Gasteiger partial charge in [-0.2, -0.15) is 0 Å². The van der Waals surface area contributed by atoms with E-state index in [1.54, 1.807) is 13.8 Å². The van der Waals surface area contributed by atoms with Crippen LogP contribution in [0.2, 0.25) is 0 Å². The largest absolute Gasteiger partial charge is 0.369 e. The minimum atomic E-state index is -2.55. The van der Waals surface area contributed by atoms with Gasteiger partial charge >= 0.3 is 5.69 Å². The van der Waals surface area contributed by atoms with Crippen LogP contribution in [-0.2, 0) is 0 Å². The van der Waals surface area contributed by atoms with Crippen molar-refractivity contribution in [2.75, 3.05) is 5.32 Å². The zero-order valence-electron chi connectivity index (χ0n) is 13.2. The second-order valence-corrected chi connectivity index (χ2v) is 6.42. The summed E-state index contributed by atoms with van der Waals surface area (Å²) in [6.07, 6.45) is 0.674. The molecule has 0 aromatic carbocycles. The minimum absolute atomic E-state index is 0.0824. The Labute approximate surface area is 127 Å². The van der Waals surface area contributed by atoms with Gasteiger partial charge in [-0.05, 0) is 39.5 Å². The SMILES string of the molecule is CC(Nc1cc(=O)n(C(C)C)c(=O)[nH]1)C1CCC(F)(F)CC1. The summed E-state index contributed by atoms with van der Waals surface area (Å²) < 4.78 is 27.5. The van der Waals surface area contributed by atoms with Crippen LogP contribution in [0.5, 0.6) is 0 Å². The zero-order valence-corrected chi connectivity index (χ0v) is 13.2. The van der Waals surface area contributed by atoms with Crippen molar-refractivity contribution in [1.29, 1.82) is 0 Å². The quantitative estimate of drug-likeness (QED) is 0.898. The summed E-state index contributed by atoms with van der Waals surface area (Å²) >= 11 is 0. The molecule has 22 heavy (non-hydrogen) atoms. The maximum atomic E-state index is 13.2. The molecule has 1 heterocycles. The van der Waals surface area contributed by atoms with E-state index in [0.717, 1.165) is 4.57 Å². The van der Waals surface area contributed by atoms with Crippen molar-refractivity contribution in [3.63, 3.8) is 0 Å². The molecule has 0 spiro atoms. The number of nitrogens with one attached hydrogen (secondary N) is 2. The Bertz CT molecular complexity index is 595. The fraction of sp³-hybridized carbons (Fsp3) is 0.733. The van der Waals surface area contributed by atoms with Crippen LogP contribution < -0.4 is 16.6 Å². The van der Waals surface area contributed by atoms with E-state index >= 15 is 0 Å². The number of aromatic nitrogens is 2. The van der Waals surface area contributed by atoms with Crippen molar-refractivity contribution < 1.29 is 8.78 Å². The van der Waals surface area contributed by atoms with Crippen LogP contribution >= 0.6 is 0 Å². The maximum absolute atomic E-state index is 13.2. The summed E-state index contributed by atoms with van der Waals surface area (Å²) in [6, 6.07) is 1.04. The first kappa shape index (κ1) is 16.7. The molecule has 1 aromatic heterocycles. The second-order valence-electron chi connectivity index (χ2n) is 6.42. The highest BCUT2D eigenvalue weighted by molar-refractivity contribution is 5.33. The number of alkyl halides is 2. The lowest BCUT2D eigenvalue weighted by Gasteiger charge is -2.32. The molecule has 1 aliphatic rings. The summed E-state index contributed by atoms with van der Waals surface area (Å²) in [4.78, 5) is 26.5. The molecule has 2 N–H and O–H groups in total. The van der Waals surface area contributed by atoms with E-state index in [-0.39, 0.29) is 36.4 Å². The van der Waals surface area contributed by atoms with Crippen LogP contribution in [0, 0.1) is 5.92 Å². The number of anilines is 1. The third-order valence-corrected chi connectivity index (χ3v) is 4.33. The van der Waals surface area contributed by atoms with Gasteiger partial charge in [0.25, 0.3) is 5.56 Å². The van der Waals surface area contributed by atoms with E-state index in [2.05, 4.69) is 10.3 Å². The van der Waals surface area contributed by atoms with Crippen LogP contribution in [0.15, 0.2) is 15.7 Å². The Morgan fingerprint density at radius 3 is 2.36 bits per heavy atom. The van der Waals surface area contributed by atoms with E-state index in [4.69, 9.17) is 0 Å². The summed E-state index contributed by atoms with van der Waals surface area (Å²) in [6.45, 7) is 5.41. The number of aromatic amines is 1. The van der Waals surface area contributed by atoms with Crippen molar-refractivity contribution >= 4 is 5.82 Å². The number of rotatable bonds is 4. The predicted octanol–water partition coefficient (Wildman–Crippen LogP) is 2.74. The molecule has 1 aliphatic carbocycles. The highest BCUT2D eigenvalue weighted by atomic mass is 19.3. The molecule has 0 saturated heterocycles. The molecule has 0 radical (unpaired) electrons. The highest BCUT2D eigenvalue weighted by Crippen LogP contribution is 2.37. The average Bonchev–Trinajstić information content (AvgIpc) is 2.36. The van der Waals surface area contributed by atoms with Gasteiger partial charge in [-0.3, -0.25) is 14.3 Å². The molecular weight excluding hydrogens is 292 g/mol. The summed E-state index contributed by atoms with van der Waals surface area (Å²) in [5.41, 5.74) is -0.837. The molecular formula is C15H23F2N3O2. The van der Waals surface area contributed by atoms with Crippen LogP contribution in [-0.4, -0.2) is 21.5 Å². The van der Waals surface area contributed by atoms with Gasteiger partial charge in [0, 0.05) is 31.0 Å². The molecule has 0 aliphatic heterocycles. The van der Waals surface area contributed by atoms with Crippen molar-refractivity contribution in [1.82, 2.24) is 9.55 Å². The number of hydrogen-bond donors (Lipinski definition) is 2. The topological polar surface area (TPSA) is 66.9 Å². The molecule has 1 fully saturated rings. The van der Waals surface area contributed by atoms with Crippen molar-refractivity contribution in [3.8, 4) is 0 Å². The Hall–Kier alpha value is -1.66. The van der Waals surface area contributed by atoms with Crippen LogP contribution in [0.1, 0.15) is 52.5 Å². The van der Waals surface area contributed by atoms with Crippen LogP contribution in [0.25, 0.3) is 0 Å². The molecule has 1 atom stereocenters. The van der Waals surface area contributed by atoms with Crippen molar-refractivity contribution in [2.24, 2.45) is 5.92 Å². The lowest BCUT2D eigenvalue weighted by atomic mass is 9.82. The lowest BCUT2D eigenvalue weighted by molar-refractivity contribution is -0.0469. The molecule has 124 valence electrons. The molecule has 0 bridgehead atoms. The van der Waals surface area contributed by atoms with Gasteiger partial charge in [-0.1, -0.05) is 0 Å². The predicted molar refractivity (Wildman–Crippen MR) is 81.7 cm³/mol. The number of halogens is 2. The minimum Gasteiger partial charge on any atom is -0.369 e. The Morgan fingerprint density at radius 1 is 1.27 bits per heavy atom. The third kappa shape index (κ3) is 3.75. The zero-order chi connectivity index (χ0) is 16.5. The Kier molecular flexibility index (Phi) is 4.72. The van der Waals surface area contributed by atoms with Gasteiger partial charge in [-0.15, -0.1) is 0 Å². The van der Waals surface area contributed by atoms with Crippen LogP contribution in [0.3, 0.4) is 0 Å². The Balaban J connectivity index is 2.08. The smallest absolute Gasteiger partial charge is 0.330 e. The van der Waals surface area contributed by atoms with E-state index in [1.807, 2.05) is 6.92 Å². The normalized spacial score (nSPS) is 20.1. The summed E-state index contributed by atoms with van der Waals surface area (Å²) in [5.74, 6) is -2.10. The van der Waals surface area contributed by atoms with Gasteiger partial charge in [0.15, 0.2) is 0 Å². The molecule has 2 rings (SSSR count). The fourth-order valence-corrected chi connectivity index (χ4v) is 3.00. The first-order valence-electron chi connectivity index (χ1n) is 7.70. The average molecular weight is 315 g/mol. The first-order valence-corrected chi connectivity index (χ1v) is 7.70. The number of nitrogens with zero attached hydrogens (tertiary/aromatic N) is 1. The third-order valence-electron chi connectivity index (χ3n) is 4.33. The number of hydrogen-bond acceptors (Lipinski definition) is 3. The first-order chi connectivity index (χ1) is 10.2. The van der Waals surface area contributed by atoms with Gasteiger partial charge in [0.2, 0.25) is 5.92 Å². The molecule has 1 saturated carbocycles. The Morgan fingerprint density at radius 2 is 1.86 bits per heavy atom. The lowest BCUT2D eigenvalue weighted by Crippen LogP contribution is -2.38. The van der Waals surface area contributed by atoms with Crippen molar-refractivity contribution in [2.45, 2.75) is 64.5 Å². The molecule has 7 heteroatoms. The van der Waals surface area contributed by atoms with Gasteiger partial charge in [0.1, 0.15) is 5.82 Å². The standard InChI is InChI=1S/C15H23F2N3O2/c1-9(2)20-13(21)8-12(19-14(20)22)18-10(3)11-4-6-15(16,17)7-5-11/h8-11,18H,4-7H2,1-3H3,(H,19,22). The fourth-order valence-electron chi connectivity index (χ4n) is 3.00. The van der Waals surface area contributed by atoms with Gasteiger partial charge in [0.05, 0.1) is 0 Å².